The van der Waals surface area contributed by atoms with Crippen molar-refractivity contribution in [1.82, 2.24) is 4.90 Å². The van der Waals surface area contributed by atoms with Gasteiger partial charge in [0.15, 0.2) is 0 Å². The highest BCUT2D eigenvalue weighted by Gasteiger charge is 2.53. The van der Waals surface area contributed by atoms with Crippen LogP contribution in [-0.2, 0) is 0 Å². The Labute approximate surface area is 90.4 Å². The molecule has 0 aliphatic rings. The molecule has 0 amide bonds. The second kappa shape index (κ2) is 5.75. The molecule has 0 fully saturated rings. The molecular formula is C9H15F6N. The van der Waals surface area contributed by atoms with Crippen LogP contribution in [0.15, 0.2) is 0 Å². The summed E-state index contributed by atoms with van der Waals surface area (Å²) in [5.41, 5.74) is 0. The van der Waals surface area contributed by atoms with Crippen molar-refractivity contribution in [2.45, 2.75) is 45.7 Å². The maximum Gasteiger partial charge on any atom is 0.467 e. The third-order valence-electron chi connectivity index (χ3n) is 2.33. The minimum absolute atomic E-state index is 0.302. The first kappa shape index (κ1) is 15.5. The molecule has 0 aliphatic carbocycles. The van der Waals surface area contributed by atoms with Crippen molar-refractivity contribution < 1.29 is 26.3 Å². The van der Waals surface area contributed by atoms with Crippen LogP contribution in [-0.4, -0.2) is 24.0 Å². The molecule has 7 heteroatoms. The van der Waals surface area contributed by atoms with Crippen LogP contribution in [0.2, 0.25) is 0 Å². The fraction of sp³-hybridized carbons (Fsp3) is 1.00. The summed E-state index contributed by atoms with van der Waals surface area (Å²) in [7, 11) is 0. The van der Waals surface area contributed by atoms with E-state index in [4.69, 9.17) is 0 Å². The third-order valence-corrected chi connectivity index (χ3v) is 2.33. The molecule has 0 saturated heterocycles. The average molecular weight is 251 g/mol. The van der Waals surface area contributed by atoms with Crippen molar-refractivity contribution in [2.24, 2.45) is 5.92 Å². The van der Waals surface area contributed by atoms with Crippen molar-refractivity contribution in [2.75, 3.05) is 6.54 Å². The van der Waals surface area contributed by atoms with Gasteiger partial charge in [0, 0.05) is 6.54 Å². The molecule has 0 spiro atoms. The molecular weight excluding hydrogens is 236 g/mol. The Kier molecular flexibility index (Phi) is 5.58. The summed E-state index contributed by atoms with van der Waals surface area (Å²) in [6.45, 7) is 2.30. The lowest BCUT2D eigenvalue weighted by molar-refractivity contribution is -0.375. The van der Waals surface area contributed by atoms with E-state index in [2.05, 4.69) is 0 Å². The minimum atomic E-state index is -5.36. The summed E-state index contributed by atoms with van der Waals surface area (Å²) < 4.78 is 73.0. The molecule has 1 nitrogen and oxygen atoms in total. The van der Waals surface area contributed by atoms with Crippen LogP contribution in [0.25, 0.3) is 0 Å². The lowest BCUT2D eigenvalue weighted by Gasteiger charge is -2.29. The van der Waals surface area contributed by atoms with Crippen molar-refractivity contribution in [3.63, 3.8) is 0 Å². The van der Waals surface area contributed by atoms with Crippen LogP contribution in [0.3, 0.4) is 0 Å². The lowest BCUT2D eigenvalue weighted by atomic mass is 10.0. The molecule has 0 aromatic heterocycles. The molecule has 0 aliphatic heterocycles. The first-order valence-corrected chi connectivity index (χ1v) is 5.04. The minimum Gasteiger partial charge on any atom is -0.155 e. The molecule has 98 valence electrons. The maximum absolute atomic E-state index is 12.2. The summed E-state index contributed by atoms with van der Waals surface area (Å²) in [4.78, 5) is -1.34. The van der Waals surface area contributed by atoms with Crippen molar-refractivity contribution in [3.05, 3.63) is 0 Å². The number of alkyl halides is 6. The Morgan fingerprint density at radius 3 is 1.62 bits per heavy atom. The molecule has 0 bridgehead atoms. The predicted molar refractivity (Wildman–Crippen MR) is 47.5 cm³/mol. The first-order chi connectivity index (χ1) is 7.12. The number of rotatable bonds is 5. The SMILES string of the molecule is CCCC(CC)CN(C(F)(F)F)C(F)(F)F. The Morgan fingerprint density at radius 2 is 1.38 bits per heavy atom. The Hall–Kier alpha value is -0.460. The number of hydrogen-bond acceptors (Lipinski definition) is 1. The van der Waals surface area contributed by atoms with Crippen LogP contribution in [0.1, 0.15) is 33.1 Å². The van der Waals surface area contributed by atoms with Gasteiger partial charge in [-0.3, -0.25) is 0 Å². The van der Waals surface area contributed by atoms with Gasteiger partial charge < -0.3 is 0 Å². The van der Waals surface area contributed by atoms with Crippen LogP contribution >= 0.6 is 0 Å². The predicted octanol–water partition coefficient (Wildman–Crippen LogP) is 4.15. The summed E-state index contributed by atoms with van der Waals surface area (Å²) in [5, 5.41) is 0. The number of hydrogen-bond donors (Lipinski definition) is 0. The smallest absolute Gasteiger partial charge is 0.155 e. The van der Waals surface area contributed by atoms with E-state index in [0.29, 0.717) is 19.3 Å². The van der Waals surface area contributed by atoms with Gasteiger partial charge in [0.1, 0.15) is 0 Å². The first-order valence-electron chi connectivity index (χ1n) is 5.04. The summed E-state index contributed by atoms with van der Waals surface area (Å²) in [6, 6.07) is 0. The van der Waals surface area contributed by atoms with Gasteiger partial charge in [-0.15, -0.1) is 4.90 Å². The van der Waals surface area contributed by atoms with E-state index in [1.54, 1.807) is 13.8 Å². The van der Waals surface area contributed by atoms with Gasteiger partial charge in [0.2, 0.25) is 0 Å². The number of halogens is 6. The topological polar surface area (TPSA) is 3.24 Å². The summed E-state index contributed by atoms with van der Waals surface area (Å²) in [5.74, 6) is -0.590. The Balaban J connectivity index is 4.67. The standard InChI is InChI=1S/C9H15F6N/c1-3-5-7(4-2)6-16(8(10,11)12)9(13,14)15/h7H,3-6H2,1-2H3. The highest BCUT2D eigenvalue weighted by Crippen LogP contribution is 2.34. The van der Waals surface area contributed by atoms with Gasteiger partial charge in [-0.1, -0.05) is 26.7 Å². The molecule has 16 heavy (non-hydrogen) atoms. The highest BCUT2D eigenvalue weighted by atomic mass is 19.4. The van der Waals surface area contributed by atoms with Crippen molar-refractivity contribution in [1.29, 1.82) is 0 Å². The molecule has 1 atom stereocenters. The normalized spacial score (nSPS) is 15.6. The molecule has 0 aromatic carbocycles. The maximum atomic E-state index is 12.2. The van der Waals surface area contributed by atoms with E-state index in [1.165, 1.54) is 0 Å². The Morgan fingerprint density at radius 1 is 0.938 bits per heavy atom. The largest absolute Gasteiger partial charge is 0.467 e. The fourth-order valence-corrected chi connectivity index (χ4v) is 1.44. The van der Waals surface area contributed by atoms with E-state index in [-0.39, 0.29) is 0 Å². The van der Waals surface area contributed by atoms with E-state index in [1.807, 2.05) is 0 Å². The van der Waals surface area contributed by atoms with Crippen molar-refractivity contribution >= 4 is 0 Å². The van der Waals surface area contributed by atoms with E-state index in [0.717, 1.165) is 0 Å². The molecule has 0 saturated carbocycles. The zero-order valence-corrected chi connectivity index (χ0v) is 9.12. The quantitative estimate of drug-likeness (QED) is 0.524. The van der Waals surface area contributed by atoms with Gasteiger partial charge in [0.25, 0.3) is 0 Å². The third kappa shape index (κ3) is 5.05. The van der Waals surface area contributed by atoms with Crippen molar-refractivity contribution in [3.8, 4) is 0 Å². The summed E-state index contributed by atoms with van der Waals surface area (Å²) in [6.07, 6.45) is -9.49. The van der Waals surface area contributed by atoms with E-state index >= 15 is 0 Å². The average Bonchev–Trinajstić information content (AvgIpc) is 2.07. The van der Waals surface area contributed by atoms with Gasteiger partial charge in [0.05, 0.1) is 0 Å². The molecule has 1 unspecified atom stereocenters. The zero-order chi connectivity index (χ0) is 13.0. The monoisotopic (exact) mass is 251 g/mol. The van der Waals surface area contributed by atoms with Crippen LogP contribution < -0.4 is 0 Å². The van der Waals surface area contributed by atoms with Crippen LogP contribution in [0.5, 0.6) is 0 Å². The number of nitrogens with zero attached hydrogens (tertiary/aromatic N) is 1. The lowest BCUT2D eigenvalue weighted by Crippen LogP contribution is -2.50. The molecule has 0 heterocycles. The molecule has 0 N–H and O–H groups in total. The second-order valence-electron chi connectivity index (χ2n) is 3.61. The van der Waals surface area contributed by atoms with Gasteiger partial charge in [-0.05, 0) is 12.3 Å². The second-order valence-corrected chi connectivity index (χ2v) is 3.61. The molecule has 0 rings (SSSR count). The van der Waals surface area contributed by atoms with Gasteiger partial charge in [-0.2, -0.15) is 26.3 Å². The van der Waals surface area contributed by atoms with Gasteiger partial charge in [-0.25, -0.2) is 0 Å². The summed E-state index contributed by atoms with van der Waals surface area (Å²) >= 11 is 0. The molecule has 0 radical (unpaired) electrons. The van der Waals surface area contributed by atoms with E-state index in [9.17, 15) is 26.3 Å². The van der Waals surface area contributed by atoms with Gasteiger partial charge >= 0.3 is 12.6 Å². The van der Waals surface area contributed by atoms with E-state index < -0.39 is 30.0 Å². The van der Waals surface area contributed by atoms with Crippen LogP contribution in [0.4, 0.5) is 26.3 Å². The highest BCUT2D eigenvalue weighted by molar-refractivity contribution is 4.69. The Bertz CT molecular complexity index is 183. The molecule has 0 aromatic rings. The van der Waals surface area contributed by atoms with Crippen LogP contribution in [0, 0.1) is 5.92 Å². The zero-order valence-electron chi connectivity index (χ0n) is 9.12. The fourth-order valence-electron chi connectivity index (χ4n) is 1.44.